The van der Waals surface area contributed by atoms with E-state index in [9.17, 15) is 38.7 Å². The lowest BCUT2D eigenvalue weighted by molar-refractivity contribution is -0.149. The lowest BCUT2D eigenvalue weighted by Crippen LogP contribution is -2.58. The van der Waals surface area contributed by atoms with Crippen molar-refractivity contribution in [3.8, 4) is 0 Å². The number of primary amides is 3. The molecule has 0 spiro atoms. The van der Waals surface area contributed by atoms with Gasteiger partial charge in [-0.1, -0.05) is 0 Å². The number of hydrogen-bond donors (Lipinski definition) is 7. The first-order valence-electron chi connectivity index (χ1n) is 10.1. The number of rotatable bonds is 13. The van der Waals surface area contributed by atoms with Crippen LogP contribution in [-0.2, 0) is 33.6 Å². The minimum Gasteiger partial charge on any atom is -0.480 e. The molecule has 0 aromatic carbocycles. The zero-order valence-electron chi connectivity index (χ0n) is 17.8. The third kappa shape index (κ3) is 8.72. The zero-order chi connectivity index (χ0) is 25.3. The molecule has 4 atom stereocenters. The lowest BCUT2D eigenvalue weighted by Gasteiger charge is -2.28. The number of nitrogens with two attached hydrogens (primary N) is 4. The lowest BCUT2D eigenvalue weighted by atomic mass is 10.1. The first kappa shape index (κ1) is 27.3. The number of carbonyl (C=O) groups is 7. The highest BCUT2D eigenvalue weighted by atomic mass is 16.4. The summed E-state index contributed by atoms with van der Waals surface area (Å²) in [5, 5.41) is 13.7. The molecular weight excluding hydrogens is 442 g/mol. The maximum atomic E-state index is 12.9. The van der Waals surface area contributed by atoms with Crippen LogP contribution in [0.3, 0.4) is 0 Å². The van der Waals surface area contributed by atoms with Crippen molar-refractivity contribution in [3.63, 3.8) is 0 Å². The van der Waals surface area contributed by atoms with E-state index in [-0.39, 0.29) is 25.8 Å². The molecule has 15 heteroatoms. The van der Waals surface area contributed by atoms with Crippen molar-refractivity contribution in [1.82, 2.24) is 15.5 Å². The van der Waals surface area contributed by atoms with Gasteiger partial charge < -0.3 is 43.6 Å². The Kier molecular flexibility index (Phi) is 10.2. The summed E-state index contributed by atoms with van der Waals surface area (Å²) in [7, 11) is 0. The number of carbonyl (C=O) groups excluding carboxylic acids is 6. The fraction of sp³-hybridized carbons (Fsp3) is 0.611. The van der Waals surface area contributed by atoms with Crippen LogP contribution in [0.5, 0.6) is 0 Å². The van der Waals surface area contributed by atoms with E-state index in [0.29, 0.717) is 6.42 Å². The van der Waals surface area contributed by atoms with Gasteiger partial charge in [0, 0.05) is 13.0 Å². The summed E-state index contributed by atoms with van der Waals surface area (Å²) >= 11 is 0. The molecule has 0 radical (unpaired) electrons. The second kappa shape index (κ2) is 12.3. The van der Waals surface area contributed by atoms with Gasteiger partial charge in [0.25, 0.3) is 0 Å². The Morgan fingerprint density at radius 3 is 1.94 bits per heavy atom. The van der Waals surface area contributed by atoms with Gasteiger partial charge in [-0.25, -0.2) is 4.79 Å². The van der Waals surface area contributed by atoms with Gasteiger partial charge in [-0.05, 0) is 19.3 Å². The molecule has 1 saturated heterocycles. The summed E-state index contributed by atoms with van der Waals surface area (Å²) in [6.45, 7) is 0.0943. The normalized spacial score (nSPS) is 18.0. The molecule has 0 aromatic heterocycles. The number of nitrogens with one attached hydrogen (secondary N) is 2. The van der Waals surface area contributed by atoms with Gasteiger partial charge in [0.1, 0.15) is 18.1 Å². The van der Waals surface area contributed by atoms with Gasteiger partial charge >= 0.3 is 5.97 Å². The maximum absolute atomic E-state index is 12.9. The summed E-state index contributed by atoms with van der Waals surface area (Å²) in [6.07, 6.45) is -1.04. The third-order valence-corrected chi connectivity index (χ3v) is 4.92. The van der Waals surface area contributed by atoms with Gasteiger partial charge in [0.2, 0.25) is 35.4 Å². The number of nitrogens with zero attached hydrogens (tertiary/aromatic N) is 1. The van der Waals surface area contributed by atoms with Crippen LogP contribution in [0.2, 0.25) is 0 Å². The van der Waals surface area contributed by atoms with E-state index in [1.165, 1.54) is 0 Å². The largest absolute Gasteiger partial charge is 0.480 e. The summed E-state index contributed by atoms with van der Waals surface area (Å²) < 4.78 is 0. The van der Waals surface area contributed by atoms with Crippen molar-refractivity contribution < 1.29 is 38.7 Å². The topological polar surface area (TPSA) is 271 Å². The number of amides is 6. The van der Waals surface area contributed by atoms with E-state index in [1.807, 2.05) is 0 Å². The molecule has 1 aliphatic heterocycles. The van der Waals surface area contributed by atoms with Crippen LogP contribution in [0.4, 0.5) is 0 Å². The summed E-state index contributed by atoms with van der Waals surface area (Å²) in [5.41, 5.74) is 20.9. The highest BCUT2D eigenvalue weighted by molar-refractivity contribution is 5.97. The minimum absolute atomic E-state index is 0.0943. The van der Waals surface area contributed by atoms with Crippen molar-refractivity contribution >= 4 is 41.4 Å². The predicted molar refractivity (Wildman–Crippen MR) is 110 cm³/mol. The van der Waals surface area contributed by atoms with Crippen LogP contribution in [0.25, 0.3) is 0 Å². The fourth-order valence-corrected chi connectivity index (χ4v) is 3.28. The number of carboxylic acid groups (broad SMARTS) is 1. The van der Waals surface area contributed by atoms with Crippen molar-refractivity contribution in [2.24, 2.45) is 22.9 Å². The SMILES string of the molecule is NC(=O)CCC(N)C(=O)NC(CC(N)=O)C(=O)NC(CC(N)=O)C(=O)N1CCCC1C(=O)O. The molecule has 0 saturated carbocycles. The van der Waals surface area contributed by atoms with E-state index in [1.54, 1.807) is 0 Å². The van der Waals surface area contributed by atoms with Gasteiger partial charge in [-0.15, -0.1) is 0 Å². The highest BCUT2D eigenvalue weighted by Gasteiger charge is 2.39. The molecule has 33 heavy (non-hydrogen) atoms. The molecule has 1 aliphatic rings. The van der Waals surface area contributed by atoms with Gasteiger partial charge in [0.15, 0.2) is 0 Å². The molecule has 0 aliphatic carbocycles. The average Bonchev–Trinajstić information content (AvgIpc) is 3.19. The number of likely N-dealkylation sites (tertiary alicyclic amines) is 1. The zero-order valence-corrected chi connectivity index (χ0v) is 17.8. The Morgan fingerprint density at radius 2 is 1.42 bits per heavy atom. The summed E-state index contributed by atoms with van der Waals surface area (Å²) in [6, 6.07) is -5.46. The Morgan fingerprint density at radius 1 is 0.879 bits per heavy atom. The molecule has 0 aromatic rings. The summed E-state index contributed by atoms with van der Waals surface area (Å²) in [5.74, 6) is -6.65. The molecular formula is C18H29N7O8. The third-order valence-electron chi connectivity index (χ3n) is 4.92. The molecule has 184 valence electrons. The van der Waals surface area contributed by atoms with E-state index in [2.05, 4.69) is 10.6 Å². The van der Waals surface area contributed by atoms with Crippen molar-refractivity contribution in [2.45, 2.75) is 62.7 Å². The Hall–Kier alpha value is -3.75. The second-order valence-electron chi connectivity index (χ2n) is 7.60. The van der Waals surface area contributed by atoms with Crippen molar-refractivity contribution in [2.75, 3.05) is 6.54 Å². The quantitative estimate of drug-likeness (QED) is 0.136. The Labute approximate surface area is 188 Å². The smallest absolute Gasteiger partial charge is 0.326 e. The van der Waals surface area contributed by atoms with Gasteiger partial charge in [-0.3, -0.25) is 28.8 Å². The van der Waals surface area contributed by atoms with Crippen LogP contribution < -0.4 is 33.6 Å². The van der Waals surface area contributed by atoms with Crippen molar-refractivity contribution in [1.29, 1.82) is 0 Å². The number of carboxylic acids is 1. The van der Waals surface area contributed by atoms with E-state index in [4.69, 9.17) is 22.9 Å². The summed E-state index contributed by atoms with van der Waals surface area (Å²) in [4.78, 5) is 83.9. The van der Waals surface area contributed by atoms with Crippen molar-refractivity contribution in [3.05, 3.63) is 0 Å². The monoisotopic (exact) mass is 471 g/mol. The minimum atomic E-state index is -1.56. The highest BCUT2D eigenvalue weighted by Crippen LogP contribution is 2.19. The van der Waals surface area contributed by atoms with E-state index >= 15 is 0 Å². The Balaban J connectivity index is 2.99. The fourth-order valence-electron chi connectivity index (χ4n) is 3.28. The van der Waals surface area contributed by atoms with E-state index in [0.717, 1.165) is 4.90 Å². The molecule has 0 bridgehead atoms. The first-order chi connectivity index (χ1) is 15.3. The molecule has 1 heterocycles. The first-order valence-corrected chi connectivity index (χ1v) is 10.1. The molecule has 6 amide bonds. The van der Waals surface area contributed by atoms with Gasteiger partial charge in [-0.2, -0.15) is 0 Å². The standard InChI is InChI=1S/C18H29N7O8/c19-8(3-4-12(20)26)15(29)23-9(6-13(21)27)16(30)24-10(7-14(22)28)17(31)25-5-1-2-11(25)18(32)33/h8-11H,1-7,19H2,(H2,20,26)(H2,21,27)(H2,22,28)(H,23,29)(H,24,30)(H,32,33). The number of hydrogen-bond acceptors (Lipinski definition) is 8. The molecule has 11 N–H and O–H groups in total. The van der Waals surface area contributed by atoms with E-state index < -0.39 is 78.4 Å². The Bertz CT molecular complexity index is 818. The number of aliphatic carboxylic acids is 1. The van der Waals surface area contributed by atoms with Crippen LogP contribution in [-0.4, -0.2) is 82.1 Å². The van der Waals surface area contributed by atoms with Crippen LogP contribution >= 0.6 is 0 Å². The predicted octanol–water partition coefficient (Wildman–Crippen LogP) is -4.62. The van der Waals surface area contributed by atoms with Crippen LogP contribution in [0.1, 0.15) is 38.5 Å². The molecule has 15 nitrogen and oxygen atoms in total. The van der Waals surface area contributed by atoms with Gasteiger partial charge in [0.05, 0.1) is 18.9 Å². The average molecular weight is 471 g/mol. The molecule has 4 unspecified atom stereocenters. The van der Waals surface area contributed by atoms with Crippen LogP contribution in [0.15, 0.2) is 0 Å². The molecule has 1 fully saturated rings. The maximum Gasteiger partial charge on any atom is 0.326 e. The second-order valence-corrected chi connectivity index (χ2v) is 7.60. The van der Waals surface area contributed by atoms with Crippen LogP contribution in [0, 0.1) is 0 Å². The molecule has 1 rings (SSSR count).